The van der Waals surface area contributed by atoms with Gasteiger partial charge in [0, 0.05) is 43.4 Å². The molecular formula is C19H20F3N3O2. The summed E-state index contributed by atoms with van der Waals surface area (Å²) in [6.45, 7) is 0.150. The molecule has 0 radical (unpaired) electrons. The Bertz CT molecular complexity index is 834. The maximum atomic E-state index is 12.7. The van der Waals surface area contributed by atoms with E-state index in [9.17, 15) is 18.0 Å². The lowest BCUT2D eigenvalue weighted by Crippen LogP contribution is -2.39. The highest BCUT2D eigenvalue weighted by Gasteiger charge is 2.56. The number of nitrogens with one attached hydrogen (secondary N) is 1. The van der Waals surface area contributed by atoms with E-state index < -0.39 is 18.6 Å². The van der Waals surface area contributed by atoms with Crippen LogP contribution in [0.25, 0.3) is 0 Å². The Morgan fingerprint density at radius 1 is 1.15 bits per heavy atom. The second kappa shape index (κ2) is 6.69. The summed E-state index contributed by atoms with van der Waals surface area (Å²) in [5.74, 6) is -0.951. The van der Waals surface area contributed by atoms with E-state index in [1.54, 1.807) is 5.48 Å². The third kappa shape index (κ3) is 3.59. The predicted molar refractivity (Wildman–Crippen MR) is 91.1 cm³/mol. The number of rotatable bonds is 4. The van der Waals surface area contributed by atoms with Gasteiger partial charge in [0.15, 0.2) is 0 Å². The Morgan fingerprint density at radius 3 is 2.52 bits per heavy atom. The van der Waals surface area contributed by atoms with Crippen molar-refractivity contribution in [1.29, 1.82) is 0 Å². The van der Waals surface area contributed by atoms with Crippen LogP contribution in [0.4, 0.5) is 13.2 Å². The van der Waals surface area contributed by atoms with Crippen LogP contribution in [-0.2, 0) is 17.9 Å². The van der Waals surface area contributed by atoms with Crippen molar-refractivity contribution < 1.29 is 23.2 Å². The van der Waals surface area contributed by atoms with Crippen LogP contribution in [-0.4, -0.2) is 39.8 Å². The summed E-state index contributed by atoms with van der Waals surface area (Å²) < 4.78 is 40.0. The van der Waals surface area contributed by atoms with Crippen molar-refractivity contribution in [3.05, 3.63) is 59.4 Å². The number of benzene rings is 1. The van der Waals surface area contributed by atoms with Gasteiger partial charge in [-0.25, -0.2) is 5.48 Å². The van der Waals surface area contributed by atoms with Crippen LogP contribution < -0.4 is 5.48 Å². The molecular weight excluding hydrogens is 359 g/mol. The number of hydroxylamine groups is 1. The minimum Gasteiger partial charge on any atom is -0.349 e. The number of amides is 1. The quantitative estimate of drug-likeness (QED) is 0.635. The molecule has 2 aliphatic rings. The van der Waals surface area contributed by atoms with Gasteiger partial charge in [-0.3, -0.25) is 14.9 Å². The molecule has 0 spiro atoms. The van der Waals surface area contributed by atoms with Crippen LogP contribution in [0.3, 0.4) is 0 Å². The zero-order valence-corrected chi connectivity index (χ0v) is 14.5. The Hall–Kier alpha value is -2.32. The van der Waals surface area contributed by atoms with E-state index >= 15 is 0 Å². The van der Waals surface area contributed by atoms with E-state index in [1.807, 2.05) is 47.2 Å². The third-order valence-corrected chi connectivity index (χ3v) is 5.45. The van der Waals surface area contributed by atoms with Gasteiger partial charge < -0.3 is 4.57 Å². The van der Waals surface area contributed by atoms with Gasteiger partial charge in [-0.1, -0.05) is 30.3 Å². The molecule has 1 aromatic carbocycles. The molecule has 4 rings (SSSR count). The van der Waals surface area contributed by atoms with Crippen LogP contribution in [0.1, 0.15) is 28.7 Å². The molecule has 0 bridgehead atoms. The summed E-state index contributed by atoms with van der Waals surface area (Å²) in [7, 11) is 0. The SMILES string of the molecule is O=C(NO)C1C(c2ccccc2)C1c1cc2n(c1)CCN(CC(F)(F)F)C2. The van der Waals surface area contributed by atoms with E-state index in [0.29, 0.717) is 13.1 Å². The molecule has 5 nitrogen and oxygen atoms in total. The second-order valence-corrected chi connectivity index (χ2v) is 7.25. The predicted octanol–water partition coefficient (Wildman–Crippen LogP) is 2.87. The molecule has 8 heteroatoms. The minimum absolute atomic E-state index is 0.0471. The Kier molecular flexibility index (Phi) is 4.47. The molecule has 1 aromatic heterocycles. The first-order chi connectivity index (χ1) is 12.9. The van der Waals surface area contributed by atoms with Crippen molar-refractivity contribution >= 4 is 5.91 Å². The molecule has 1 fully saturated rings. The first-order valence-corrected chi connectivity index (χ1v) is 8.84. The van der Waals surface area contributed by atoms with Gasteiger partial charge in [-0.15, -0.1) is 0 Å². The number of alkyl halides is 3. The molecule has 27 heavy (non-hydrogen) atoms. The first kappa shape index (κ1) is 18.1. The lowest BCUT2D eigenvalue weighted by Gasteiger charge is -2.28. The molecule has 2 N–H and O–H groups in total. The highest BCUT2D eigenvalue weighted by atomic mass is 19.4. The summed E-state index contributed by atoms with van der Waals surface area (Å²) in [6, 6.07) is 11.5. The van der Waals surface area contributed by atoms with Gasteiger partial charge in [-0.2, -0.15) is 13.2 Å². The van der Waals surface area contributed by atoms with Crippen LogP contribution in [0.2, 0.25) is 0 Å². The van der Waals surface area contributed by atoms with E-state index in [1.165, 1.54) is 4.90 Å². The minimum atomic E-state index is -4.21. The summed E-state index contributed by atoms with van der Waals surface area (Å²) in [5, 5.41) is 9.06. The van der Waals surface area contributed by atoms with Gasteiger partial charge in [0.25, 0.3) is 0 Å². The standard InChI is InChI=1S/C19H20F3N3O2/c20-19(21,22)11-24-6-7-25-9-13(8-14(25)10-24)16-15(17(16)18(26)23-27)12-4-2-1-3-5-12/h1-5,8-9,15-17,27H,6-7,10-11H2,(H,23,26). The van der Waals surface area contributed by atoms with Gasteiger partial charge in [-0.05, 0) is 17.2 Å². The Labute approximate surface area is 154 Å². The number of halogens is 3. The van der Waals surface area contributed by atoms with E-state index in [-0.39, 0.29) is 24.3 Å². The third-order valence-electron chi connectivity index (χ3n) is 5.45. The summed E-state index contributed by atoms with van der Waals surface area (Å²) >= 11 is 0. The fourth-order valence-corrected chi connectivity index (χ4v) is 4.26. The number of carbonyl (C=O) groups is 1. The lowest BCUT2D eigenvalue weighted by molar-refractivity contribution is -0.148. The molecule has 0 saturated heterocycles. The average Bonchev–Trinajstić information content (AvgIpc) is 3.24. The molecule has 1 amide bonds. The normalized spacial score (nSPS) is 25.1. The van der Waals surface area contributed by atoms with Gasteiger partial charge >= 0.3 is 6.18 Å². The van der Waals surface area contributed by atoms with Crippen LogP contribution in [0.15, 0.2) is 42.6 Å². The number of aromatic nitrogens is 1. The Balaban J connectivity index is 1.56. The monoisotopic (exact) mass is 379 g/mol. The van der Waals surface area contributed by atoms with Crippen LogP contribution in [0.5, 0.6) is 0 Å². The van der Waals surface area contributed by atoms with Crippen molar-refractivity contribution in [2.45, 2.75) is 31.1 Å². The van der Waals surface area contributed by atoms with Crippen LogP contribution in [0, 0.1) is 5.92 Å². The number of hydrogen-bond acceptors (Lipinski definition) is 3. The van der Waals surface area contributed by atoms with Gasteiger partial charge in [0.2, 0.25) is 5.91 Å². The van der Waals surface area contributed by atoms with Crippen molar-refractivity contribution in [1.82, 2.24) is 14.9 Å². The Morgan fingerprint density at radius 2 is 1.85 bits per heavy atom. The summed E-state index contributed by atoms with van der Waals surface area (Å²) in [6.07, 6.45) is -2.28. The molecule has 144 valence electrons. The number of fused-ring (bicyclic) bond motifs is 1. The maximum absolute atomic E-state index is 12.7. The van der Waals surface area contributed by atoms with Gasteiger partial charge in [0.1, 0.15) is 0 Å². The number of carbonyl (C=O) groups excluding carboxylic acids is 1. The van der Waals surface area contributed by atoms with Crippen molar-refractivity contribution in [3.63, 3.8) is 0 Å². The van der Waals surface area contributed by atoms with E-state index in [2.05, 4.69) is 0 Å². The zero-order valence-electron chi connectivity index (χ0n) is 14.5. The smallest absolute Gasteiger partial charge is 0.349 e. The van der Waals surface area contributed by atoms with E-state index in [0.717, 1.165) is 16.8 Å². The average molecular weight is 379 g/mol. The number of nitrogens with zero attached hydrogens (tertiary/aromatic N) is 2. The largest absolute Gasteiger partial charge is 0.401 e. The zero-order chi connectivity index (χ0) is 19.2. The van der Waals surface area contributed by atoms with Crippen LogP contribution >= 0.6 is 0 Å². The fourth-order valence-electron chi connectivity index (χ4n) is 4.26. The summed E-state index contributed by atoms with van der Waals surface area (Å²) in [5.41, 5.74) is 4.51. The molecule has 3 unspecified atom stereocenters. The van der Waals surface area contributed by atoms with Crippen molar-refractivity contribution in [2.24, 2.45) is 5.92 Å². The first-order valence-electron chi connectivity index (χ1n) is 8.84. The molecule has 2 heterocycles. The van der Waals surface area contributed by atoms with E-state index in [4.69, 9.17) is 5.21 Å². The topological polar surface area (TPSA) is 57.5 Å². The highest BCUT2D eigenvalue weighted by Crippen LogP contribution is 2.60. The summed E-state index contributed by atoms with van der Waals surface area (Å²) in [4.78, 5) is 13.5. The highest BCUT2D eigenvalue weighted by molar-refractivity contribution is 5.84. The number of hydrogen-bond donors (Lipinski definition) is 2. The lowest BCUT2D eigenvalue weighted by atomic mass is 10.1. The molecule has 1 aliphatic carbocycles. The van der Waals surface area contributed by atoms with Gasteiger partial charge in [0.05, 0.1) is 12.5 Å². The molecule has 1 aliphatic heterocycles. The molecule has 1 saturated carbocycles. The van der Waals surface area contributed by atoms with Crippen molar-refractivity contribution in [3.8, 4) is 0 Å². The molecule has 2 aromatic rings. The van der Waals surface area contributed by atoms with Crippen molar-refractivity contribution in [2.75, 3.05) is 13.1 Å². The second-order valence-electron chi connectivity index (χ2n) is 7.25. The maximum Gasteiger partial charge on any atom is 0.401 e. The fraction of sp³-hybridized carbons (Fsp3) is 0.421. The molecule has 3 atom stereocenters.